The number of amides is 1. The first-order valence-electron chi connectivity index (χ1n) is 10.1. The van der Waals surface area contributed by atoms with E-state index >= 15 is 0 Å². The van der Waals surface area contributed by atoms with Gasteiger partial charge in [-0.05, 0) is 41.0 Å². The van der Waals surface area contributed by atoms with Crippen molar-refractivity contribution in [1.82, 2.24) is 10.2 Å². The first kappa shape index (κ1) is 22.3. The Balaban J connectivity index is 1.56. The fourth-order valence-electron chi connectivity index (χ4n) is 3.66. The molecule has 0 bridgehead atoms. The number of nitrogens with one attached hydrogen (secondary N) is 1. The summed E-state index contributed by atoms with van der Waals surface area (Å²) >= 11 is 2.99. The minimum atomic E-state index is -0.417. The Kier molecular flexibility index (Phi) is 6.76. The van der Waals surface area contributed by atoms with Gasteiger partial charge in [-0.3, -0.25) is 4.79 Å². The molecule has 2 aliphatic heterocycles. The maximum absolute atomic E-state index is 13.1. The van der Waals surface area contributed by atoms with Crippen LogP contribution >= 0.6 is 23.1 Å². The maximum Gasteiger partial charge on any atom is 0.338 e. The Morgan fingerprint density at radius 1 is 1.25 bits per heavy atom. The highest BCUT2D eigenvalue weighted by Gasteiger charge is 2.41. The van der Waals surface area contributed by atoms with Gasteiger partial charge in [-0.15, -0.1) is 11.3 Å². The van der Waals surface area contributed by atoms with Gasteiger partial charge in [-0.25, -0.2) is 14.2 Å². The summed E-state index contributed by atoms with van der Waals surface area (Å²) in [6.07, 6.45) is 0.725. The number of aliphatic imine (C=N–C) groups is 1. The smallest absolute Gasteiger partial charge is 0.338 e. The lowest BCUT2D eigenvalue weighted by atomic mass is 9.98. The minimum Gasteiger partial charge on any atom is -0.466 e. The van der Waals surface area contributed by atoms with E-state index in [1.807, 2.05) is 34.7 Å². The highest BCUT2D eigenvalue weighted by molar-refractivity contribution is 8.16. The predicted molar refractivity (Wildman–Crippen MR) is 124 cm³/mol. The lowest BCUT2D eigenvalue weighted by molar-refractivity contribution is -0.136. The number of hydrogen-bond donors (Lipinski definition) is 1. The first-order valence-corrected chi connectivity index (χ1v) is 11.9. The number of halogens is 1. The largest absolute Gasteiger partial charge is 0.466 e. The van der Waals surface area contributed by atoms with Crippen LogP contribution in [0.3, 0.4) is 0 Å². The summed E-state index contributed by atoms with van der Waals surface area (Å²) < 4.78 is 18.2. The molecule has 0 aliphatic carbocycles. The molecule has 1 N–H and O–H groups in total. The van der Waals surface area contributed by atoms with Crippen LogP contribution in [0.5, 0.6) is 0 Å². The summed E-state index contributed by atoms with van der Waals surface area (Å²) in [5, 5.41) is 7.49. The van der Waals surface area contributed by atoms with E-state index in [1.54, 1.807) is 23.5 Å². The molecule has 166 valence electrons. The number of ether oxygens (including phenoxy) is 1. The van der Waals surface area contributed by atoms with Crippen LogP contribution in [0.2, 0.25) is 0 Å². The molecule has 0 radical (unpaired) electrons. The van der Waals surface area contributed by atoms with E-state index in [0.29, 0.717) is 24.2 Å². The number of benzene rings is 1. The number of thiophene rings is 1. The summed E-state index contributed by atoms with van der Waals surface area (Å²) in [6, 6.07) is 9.54. The van der Waals surface area contributed by atoms with Gasteiger partial charge < -0.3 is 15.0 Å². The first-order chi connectivity index (χ1) is 15.5. The van der Waals surface area contributed by atoms with E-state index < -0.39 is 12.0 Å². The fraction of sp³-hybridized carbons (Fsp3) is 0.261. The third-order valence-corrected chi connectivity index (χ3v) is 7.00. The molecule has 0 saturated carbocycles. The van der Waals surface area contributed by atoms with Crippen LogP contribution in [0.25, 0.3) is 0 Å². The van der Waals surface area contributed by atoms with Crippen LogP contribution in [-0.2, 0) is 20.9 Å². The molecule has 1 aromatic heterocycles. The van der Waals surface area contributed by atoms with Gasteiger partial charge in [0.2, 0.25) is 5.91 Å². The number of methoxy groups -OCH3 is 1. The lowest BCUT2D eigenvalue weighted by Gasteiger charge is -2.35. The molecule has 2 aromatic rings. The van der Waals surface area contributed by atoms with Crippen molar-refractivity contribution >= 4 is 40.1 Å². The summed E-state index contributed by atoms with van der Waals surface area (Å²) in [4.78, 5) is 33.1. The van der Waals surface area contributed by atoms with Crippen LogP contribution in [-0.4, -0.2) is 29.1 Å². The van der Waals surface area contributed by atoms with E-state index in [-0.39, 0.29) is 18.1 Å². The molecule has 9 heteroatoms. The van der Waals surface area contributed by atoms with Gasteiger partial charge >= 0.3 is 5.97 Å². The second kappa shape index (κ2) is 9.70. The average Bonchev–Trinajstić information content (AvgIpc) is 3.47. The minimum absolute atomic E-state index is 0.130. The molecule has 0 unspecified atom stereocenters. The third-order valence-electron chi connectivity index (χ3n) is 5.19. The van der Waals surface area contributed by atoms with Crippen LogP contribution < -0.4 is 5.32 Å². The van der Waals surface area contributed by atoms with Gasteiger partial charge in [0.15, 0.2) is 5.17 Å². The van der Waals surface area contributed by atoms with Gasteiger partial charge in [0.1, 0.15) is 11.9 Å². The summed E-state index contributed by atoms with van der Waals surface area (Å²) in [5.41, 5.74) is 2.78. The third kappa shape index (κ3) is 4.49. The Labute approximate surface area is 193 Å². The van der Waals surface area contributed by atoms with Crippen molar-refractivity contribution in [3.63, 3.8) is 0 Å². The summed E-state index contributed by atoms with van der Waals surface area (Å²) in [6.45, 7) is 2.27. The zero-order valence-corrected chi connectivity index (χ0v) is 19.3. The highest BCUT2D eigenvalue weighted by atomic mass is 32.2. The molecular weight excluding hydrogens is 449 g/mol. The Morgan fingerprint density at radius 2 is 2.03 bits per heavy atom. The van der Waals surface area contributed by atoms with E-state index in [9.17, 15) is 14.0 Å². The van der Waals surface area contributed by atoms with Gasteiger partial charge in [-0.1, -0.05) is 36.9 Å². The SMILES string of the molecule is CCC1=C(C(=O)OC)[C@@H](c2cccs2)N2C(CC(=O)NCc3ccc(F)cc3)=CSC2=N1. The molecule has 1 aromatic carbocycles. The molecule has 32 heavy (non-hydrogen) atoms. The van der Waals surface area contributed by atoms with Crippen molar-refractivity contribution in [2.75, 3.05) is 7.11 Å². The number of allylic oxidation sites excluding steroid dienone is 1. The zero-order valence-electron chi connectivity index (χ0n) is 17.6. The molecule has 1 atom stereocenters. The second-order valence-electron chi connectivity index (χ2n) is 7.19. The molecule has 3 heterocycles. The van der Waals surface area contributed by atoms with Crippen LogP contribution in [0, 0.1) is 5.82 Å². The molecule has 0 fully saturated rings. The van der Waals surface area contributed by atoms with E-state index in [1.165, 1.54) is 31.0 Å². The summed E-state index contributed by atoms with van der Waals surface area (Å²) in [5.74, 6) is -0.900. The fourth-order valence-corrected chi connectivity index (χ4v) is 5.42. The monoisotopic (exact) mass is 471 g/mol. The second-order valence-corrected chi connectivity index (χ2v) is 9.01. The molecule has 0 saturated heterocycles. The van der Waals surface area contributed by atoms with Crippen molar-refractivity contribution in [2.24, 2.45) is 4.99 Å². The number of carbonyl (C=O) groups is 2. The van der Waals surface area contributed by atoms with Crippen LogP contribution in [0.1, 0.15) is 36.2 Å². The lowest BCUT2D eigenvalue weighted by Crippen LogP contribution is -2.37. The maximum atomic E-state index is 13.1. The topological polar surface area (TPSA) is 71.0 Å². The molecular formula is C23H22FN3O3S2. The standard InChI is InChI=1S/C23H22FN3O3S2/c1-3-17-20(22(29)30-2)21(18-5-4-10-31-18)27-16(13-32-23(27)26-17)11-19(28)25-12-14-6-8-15(24)9-7-14/h4-10,13,21H,3,11-12H2,1-2H3,(H,25,28)/t21-/m1/s1. The number of fused-ring (bicyclic) bond motifs is 1. The van der Waals surface area contributed by atoms with Gasteiger partial charge in [-0.2, -0.15) is 0 Å². The molecule has 4 rings (SSSR count). The number of amidine groups is 1. The zero-order chi connectivity index (χ0) is 22.7. The van der Waals surface area contributed by atoms with Crippen molar-refractivity contribution in [3.05, 3.63) is 80.4 Å². The number of carbonyl (C=O) groups excluding carboxylic acids is 2. The van der Waals surface area contributed by atoms with Crippen molar-refractivity contribution in [1.29, 1.82) is 0 Å². The van der Waals surface area contributed by atoms with Crippen molar-refractivity contribution in [3.8, 4) is 0 Å². The Bertz CT molecular complexity index is 1110. The van der Waals surface area contributed by atoms with E-state index in [0.717, 1.165) is 21.3 Å². The average molecular weight is 472 g/mol. The van der Waals surface area contributed by atoms with Crippen LogP contribution in [0.4, 0.5) is 4.39 Å². The highest BCUT2D eigenvalue weighted by Crippen LogP contribution is 2.46. The summed E-state index contributed by atoms with van der Waals surface area (Å²) in [7, 11) is 1.37. The predicted octanol–water partition coefficient (Wildman–Crippen LogP) is 4.73. The molecule has 6 nitrogen and oxygen atoms in total. The number of hydrogen-bond acceptors (Lipinski definition) is 7. The number of thioether (sulfide) groups is 1. The van der Waals surface area contributed by atoms with Crippen molar-refractivity contribution < 1.29 is 18.7 Å². The van der Waals surface area contributed by atoms with E-state index in [2.05, 4.69) is 5.32 Å². The number of nitrogens with zero attached hydrogens (tertiary/aromatic N) is 2. The molecule has 2 aliphatic rings. The Morgan fingerprint density at radius 3 is 2.69 bits per heavy atom. The van der Waals surface area contributed by atoms with Gasteiger partial charge in [0.05, 0.1) is 24.8 Å². The van der Waals surface area contributed by atoms with Crippen LogP contribution in [0.15, 0.2) is 69.1 Å². The van der Waals surface area contributed by atoms with E-state index in [4.69, 9.17) is 9.73 Å². The van der Waals surface area contributed by atoms with Crippen molar-refractivity contribution in [2.45, 2.75) is 32.4 Å². The Hall–Kier alpha value is -2.91. The quantitative estimate of drug-likeness (QED) is 0.591. The van der Waals surface area contributed by atoms with Gasteiger partial charge in [0.25, 0.3) is 0 Å². The molecule has 0 spiro atoms. The number of esters is 1. The normalized spacial score (nSPS) is 17.6. The molecule has 1 amide bonds. The van der Waals surface area contributed by atoms with Gasteiger partial charge in [0, 0.05) is 17.1 Å². The number of rotatable bonds is 7.